The molecule has 0 radical (unpaired) electrons. The van der Waals surface area contributed by atoms with Gasteiger partial charge in [0.2, 0.25) is 5.88 Å². The van der Waals surface area contributed by atoms with E-state index in [-0.39, 0.29) is 6.10 Å². The van der Waals surface area contributed by atoms with Crippen LogP contribution in [0.5, 0.6) is 5.88 Å². The fraction of sp³-hybridized carbons (Fsp3) is 0.611. The molecule has 3 aliphatic heterocycles. The average Bonchev–Trinajstić information content (AvgIpc) is 3.15. The SMILES string of the molecule is COC1=NC=C(N2CCc3ncnc(OC4CCNC4)c3C2)CC1C. The van der Waals surface area contributed by atoms with Crippen LogP contribution in [0.15, 0.2) is 23.2 Å². The maximum atomic E-state index is 6.16. The molecule has 1 N–H and O–H groups in total. The van der Waals surface area contributed by atoms with Crippen molar-refractivity contribution < 1.29 is 9.47 Å². The summed E-state index contributed by atoms with van der Waals surface area (Å²) >= 11 is 0. The molecule has 4 heterocycles. The highest BCUT2D eigenvalue weighted by Crippen LogP contribution is 2.31. The van der Waals surface area contributed by atoms with E-state index < -0.39 is 0 Å². The minimum absolute atomic E-state index is 0.206. The first-order chi connectivity index (χ1) is 12.2. The Bertz CT molecular complexity index is 697. The van der Waals surface area contributed by atoms with E-state index in [2.05, 4.69) is 32.1 Å². The van der Waals surface area contributed by atoms with Gasteiger partial charge in [-0.1, -0.05) is 6.92 Å². The molecule has 134 valence electrons. The predicted molar refractivity (Wildman–Crippen MR) is 94.4 cm³/mol. The first-order valence-corrected chi connectivity index (χ1v) is 9.00. The van der Waals surface area contributed by atoms with Crippen LogP contribution < -0.4 is 10.1 Å². The zero-order valence-electron chi connectivity index (χ0n) is 14.9. The zero-order valence-corrected chi connectivity index (χ0v) is 14.9. The molecule has 1 aromatic heterocycles. The standard InChI is InChI=1S/C18H25N5O2/c1-12-7-13(8-20-17(12)24-2)23-6-4-16-15(10-23)18(22-11-21-16)25-14-3-5-19-9-14/h8,11-12,14,19H,3-7,9-10H2,1-2H3. The topological polar surface area (TPSA) is 71.9 Å². The minimum Gasteiger partial charge on any atom is -0.484 e. The second kappa shape index (κ2) is 7.00. The fourth-order valence-corrected chi connectivity index (χ4v) is 3.73. The van der Waals surface area contributed by atoms with Gasteiger partial charge in [-0.25, -0.2) is 15.0 Å². The molecular weight excluding hydrogens is 318 g/mol. The Hall–Kier alpha value is -2.15. The molecule has 3 aliphatic rings. The van der Waals surface area contributed by atoms with Crippen molar-refractivity contribution in [1.82, 2.24) is 20.2 Å². The molecule has 7 heteroatoms. The first kappa shape index (κ1) is 16.3. The van der Waals surface area contributed by atoms with Crippen LogP contribution in [0, 0.1) is 5.92 Å². The van der Waals surface area contributed by atoms with Gasteiger partial charge in [-0.3, -0.25) is 0 Å². The summed E-state index contributed by atoms with van der Waals surface area (Å²) in [6, 6.07) is 0. The summed E-state index contributed by atoms with van der Waals surface area (Å²) in [5.74, 6) is 1.86. The van der Waals surface area contributed by atoms with E-state index in [9.17, 15) is 0 Å². The molecule has 1 aromatic rings. The van der Waals surface area contributed by atoms with Crippen LogP contribution >= 0.6 is 0 Å². The van der Waals surface area contributed by atoms with E-state index in [1.54, 1.807) is 13.4 Å². The molecule has 0 amide bonds. The number of nitrogens with one attached hydrogen (secondary N) is 1. The van der Waals surface area contributed by atoms with Crippen LogP contribution in [0.2, 0.25) is 0 Å². The number of fused-ring (bicyclic) bond motifs is 1. The third-order valence-corrected chi connectivity index (χ3v) is 5.15. The van der Waals surface area contributed by atoms with Crippen LogP contribution in [0.25, 0.3) is 0 Å². The van der Waals surface area contributed by atoms with Gasteiger partial charge in [-0.05, 0) is 13.0 Å². The van der Waals surface area contributed by atoms with Crippen LogP contribution in [0.1, 0.15) is 31.0 Å². The lowest BCUT2D eigenvalue weighted by Gasteiger charge is -2.34. The fourth-order valence-electron chi connectivity index (χ4n) is 3.73. The Morgan fingerprint density at radius 1 is 1.32 bits per heavy atom. The molecule has 25 heavy (non-hydrogen) atoms. The number of allylic oxidation sites excluding steroid dienone is 1. The van der Waals surface area contributed by atoms with Crippen molar-refractivity contribution in [2.45, 2.75) is 38.8 Å². The van der Waals surface area contributed by atoms with Crippen LogP contribution in [0.4, 0.5) is 0 Å². The van der Waals surface area contributed by atoms with Gasteiger partial charge < -0.3 is 19.7 Å². The molecule has 0 saturated carbocycles. The molecule has 1 saturated heterocycles. The first-order valence-electron chi connectivity index (χ1n) is 9.00. The third kappa shape index (κ3) is 3.33. The van der Waals surface area contributed by atoms with Gasteiger partial charge >= 0.3 is 0 Å². The van der Waals surface area contributed by atoms with Crippen molar-refractivity contribution in [3.8, 4) is 5.88 Å². The Morgan fingerprint density at radius 3 is 3.00 bits per heavy atom. The van der Waals surface area contributed by atoms with Crippen LogP contribution in [0.3, 0.4) is 0 Å². The number of ether oxygens (including phenoxy) is 2. The molecule has 0 bridgehead atoms. The highest BCUT2D eigenvalue weighted by molar-refractivity contribution is 5.80. The van der Waals surface area contributed by atoms with Crippen molar-refractivity contribution in [1.29, 1.82) is 0 Å². The van der Waals surface area contributed by atoms with Gasteiger partial charge in [0.05, 0.1) is 18.4 Å². The summed E-state index contributed by atoms with van der Waals surface area (Å²) in [5.41, 5.74) is 3.48. The Labute approximate surface area is 148 Å². The summed E-state index contributed by atoms with van der Waals surface area (Å²) in [6.45, 7) is 5.78. The lowest BCUT2D eigenvalue weighted by molar-refractivity contribution is 0.203. The average molecular weight is 343 g/mol. The number of hydrogen-bond acceptors (Lipinski definition) is 7. The lowest BCUT2D eigenvalue weighted by Crippen LogP contribution is -2.34. The van der Waals surface area contributed by atoms with Crippen molar-refractivity contribution >= 4 is 5.90 Å². The van der Waals surface area contributed by atoms with Crippen molar-refractivity contribution in [3.63, 3.8) is 0 Å². The molecule has 1 fully saturated rings. The highest BCUT2D eigenvalue weighted by atomic mass is 16.5. The number of hydrogen-bond donors (Lipinski definition) is 1. The molecule has 2 atom stereocenters. The highest BCUT2D eigenvalue weighted by Gasteiger charge is 2.28. The number of aliphatic imine (C=N–C) groups is 1. The summed E-state index contributed by atoms with van der Waals surface area (Å²) < 4.78 is 11.5. The van der Waals surface area contributed by atoms with E-state index in [4.69, 9.17) is 9.47 Å². The zero-order chi connectivity index (χ0) is 17.2. The summed E-state index contributed by atoms with van der Waals surface area (Å²) in [4.78, 5) is 15.7. The smallest absolute Gasteiger partial charge is 0.222 e. The normalized spacial score (nSPS) is 25.9. The largest absolute Gasteiger partial charge is 0.484 e. The van der Waals surface area contributed by atoms with Gasteiger partial charge in [0.25, 0.3) is 0 Å². The van der Waals surface area contributed by atoms with Gasteiger partial charge in [-0.15, -0.1) is 0 Å². The molecule has 7 nitrogen and oxygen atoms in total. The summed E-state index contributed by atoms with van der Waals surface area (Å²) in [5, 5.41) is 3.33. The number of rotatable bonds is 3. The lowest BCUT2D eigenvalue weighted by atomic mass is 10.00. The van der Waals surface area contributed by atoms with E-state index in [0.717, 1.165) is 68.5 Å². The van der Waals surface area contributed by atoms with E-state index >= 15 is 0 Å². The van der Waals surface area contributed by atoms with Gasteiger partial charge in [0.1, 0.15) is 12.4 Å². The quantitative estimate of drug-likeness (QED) is 0.897. The minimum atomic E-state index is 0.206. The molecule has 4 rings (SSSR count). The van der Waals surface area contributed by atoms with Crippen LogP contribution in [-0.2, 0) is 17.7 Å². The van der Waals surface area contributed by atoms with E-state index in [1.807, 2.05) is 6.20 Å². The summed E-state index contributed by atoms with van der Waals surface area (Å²) in [7, 11) is 1.68. The van der Waals surface area contributed by atoms with Crippen LogP contribution in [-0.4, -0.2) is 53.6 Å². The van der Waals surface area contributed by atoms with E-state index in [1.165, 1.54) is 5.70 Å². The van der Waals surface area contributed by atoms with Gasteiger partial charge in [0, 0.05) is 50.3 Å². The monoisotopic (exact) mass is 343 g/mol. The predicted octanol–water partition coefficient (Wildman–Crippen LogP) is 1.50. The Morgan fingerprint density at radius 2 is 2.24 bits per heavy atom. The molecular formula is C18H25N5O2. The number of nitrogens with zero attached hydrogens (tertiary/aromatic N) is 4. The molecule has 0 aromatic carbocycles. The Kier molecular flexibility index (Phi) is 4.57. The van der Waals surface area contributed by atoms with Crippen molar-refractivity contribution in [3.05, 3.63) is 29.5 Å². The van der Waals surface area contributed by atoms with E-state index in [0.29, 0.717) is 5.92 Å². The van der Waals surface area contributed by atoms with Gasteiger partial charge in [0.15, 0.2) is 5.90 Å². The molecule has 0 spiro atoms. The maximum Gasteiger partial charge on any atom is 0.222 e. The third-order valence-electron chi connectivity index (χ3n) is 5.15. The molecule has 2 unspecified atom stereocenters. The second-order valence-corrected chi connectivity index (χ2v) is 6.91. The Balaban J connectivity index is 1.54. The maximum absolute atomic E-state index is 6.16. The summed E-state index contributed by atoms with van der Waals surface area (Å²) in [6.07, 6.45) is 6.65. The van der Waals surface area contributed by atoms with Crippen molar-refractivity contribution in [2.75, 3.05) is 26.7 Å². The number of methoxy groups -OCH3 is 1. The van der Waals surface area contributed by atoms with Gasteiger partial charge in [-0.2, -0.15) is 0 Å². The second-order valence-electron chi connectivity index (χ2n) is 6.91. The number of aromatic nitrogens is 2. The van der Waals surface area contributed by atoms with Crippen molar-refractivity contribution in [2.24, 2.45) is 10.9 Å². The molecule has 0 aliphatic carbocycles.